The van der Waals surface area contributed by atoms with E-state index in [1.54, 1.807) is 7.11 Å². The fourth-order valence-electron chi connectivity index (χ4n) is 4.73. The van der Waals surface area contributed by atoms with Gasteiger partial charge in [-0.3, -0.25) is 9.69 Å². The summed E-state index contributed by atoms with van der Waals surface area (Å²) in [5.74, 6) is 0.764. The molecule has 1 fully saturated rings. The van der Waals surface area contributed by atoms with E-state index in [0.717, 1.165) is 29.0 Å². The minimum atomic E-state index is -0.0658. The van der Waals surface area contributed by atoms with Gasteiger partial charge in [-0.15, -0.1) is 0 Å². The maximum absolute atomic E-state index is 12.8. The van der Waals surface area contributed by atoms with Crippen molar-refractivity contribution < 1.29 is 9.53 Å². The molecule has 1 amide bonds. The summed E-state index contributed by atoms with van der Waals surface area (Å²) in [6.45, 7) is 3.92. The van der Waals surface area contributed by atoms with Gasteiger partial charge in [0.1, 0.15) is 5.75 Å². The normalized spacial score (nSPS) is 13.8. The Morgan fingerprint density at radius 3 is 2.29 bits per heavy atom. The van der Waals surface area contributed by atoms with E-state index in [4.69, 9.17) is 4.74 Å². The Hall–Kier alpha value is -3.63. The molecule has 0 radical (unpaired) electrons. The summed E-state index contributed by atoms with van der Waals surface area (Å²) in [4.78, 5) is 15.3. The molecule has 4 heteroatoms. The third-order valence-corrected chi connectivity index (χ3v) is 6.65. The van der Waals surface area contributed by atoms with E-state index < -0.39 is 0 Å². The van der Waals surface area contributed by atoms with E-state index in [9.17, 15) is 4.79 Å². The van der Waals surface area contributed by atoms with Gasteiger partial charge in [0, 0.05) is 18.7 Å². The minimum Gasteiger partial charge on any atom is -0.497 e. The quantitative estimate of drug-likeness (QED) is 0.373. The van der Waals surface area contributed by atoms with Crippen LogP contribution in [0.1, 0.15) is 34.3 Å². The van der Waals surface area contributed by atoms with Gasteiger partial charge in [-0.1, -0.05) is 54.6 Å². The number of nitrogens with one attached hydrogen (secondary N) is 1. The molecule has 0 unspecified atom stereocenters. The van der Waals surface area contributed by atoms with Gasteiger partial charge in [0.05, 0.1) is 7.11 Å². The number of fused-ring (bicyclic) bond motifs is 1. The Balaban J connectivity index is 1.25. The standard InChI is InChI=1S/C30H30N2O2/c1-34-28-14-12-24(13-15-28)23-8-10-25(11-9-23)30(33)31-20-27-6-4-5-26-19-22(7-16-29(26)27)21-32-17-2-3-18-32/h4-16,19H,2-3,17-18,20-21H2,1H3,(H,31,33). The van der Waals surface area contributed by atoms with E-state index in [2.05, 4.69) is 46.6 Å². The predicted molar refractivity (Wildman–Crippen MR) is 138 cm³/mol. The first-order valence-electron chi connectivity index (χ1n) is 12.0. The van der Waals surface area contributed by atoms with Crippen LogP contribution < -0.4 is 10.1 Å². The number of hydrogen-bond acceptors (Lipinski definition) is 3. The summed E-state index contributed by atoms with van der Waals surface area (Å²) in [5.41, 5.74) is 5.30. The maximum atomic E-state index is 12.8. The molecule has 1 heterocycles. The summed E-state index contributed by atoms with van der Waals surface area (Å²) in [7, 11) is 1.66. The third kappa shape index (κ3) is 4.97. The molecule has 1 aliphatic rings. The lowest BCUT2D eigenvalue weighted by Crippen LogP contribution is -2.22. The van der Waals surface area contributed by atoms with Gasteiger partial charge in [-0.05, 0) is 89.3 Å². The molecule has 0 atom stereocenters. The van der Waals surface area contributed by atoms with Gasteiger partial charge >= 0.3 is 0 Å². The van der Waals surface area contributed by atoms with E-state index in [1.807, 2.05) is 48.5 Å². The number of benzene rings is 4. The Morgan fingerprint density at radius 1 is 0.882 bits per heavy atom. The highest BCUT2D eigenvalue weighted by Gasteiger charge is 2.12. The fourth-order valence-corrected chi connectivity index (χ4v) is 4.73. The van der Waals surface area contributed by atoms with Crippen molar-refractivity contribution in [3.63, 3.8) is 0 Å². The topological polar surface area (TPSA) is 41.6 Å². The lowest BCUT2D eigenvalue weighted by molar-refractivity contribution is 0.0951. The molecule has 0 aromatic heterocycles. The summed E-state index contributed by atoms with van der Waals surface area (Å²) < 4.78 is 5.22. The maximum Gasteiger partial charge on any atom is 0.251 e. The minimum absolute atomic E-state index is 0.0658. The van der Waals surface area contributed by atoms with Crippen molar-refractivity contribution in [1.82, 2.24) is 10.2 Å². The van der Waals surface area contributed by atoms with Crippen LogP contribution in [-0.4, -0.2) is 31.0 Å². The van der Waals surface area contributed by atoms with Crippen molar-refractivity contribution in [1.29, 1.82) is 0 Å². The number of likely N-dealkylation sites (tertiary alicyclic amines) is 1. The van der Waals surface area contributed by atoms with Crippen LogP contribution in [0, 0.1) is 0 Å². The molecule has 172 valence electrons. The monoisotopic (exact) mass is 450 g/mol. The van der Waals surface area contributed by atoms with Gasteiger partial charge < -0.3 is 10.1 Å². The van der Waals surface area contributed by atoms with E-state index >= 15 is 0 Å². The summed E-state index contributed by atoms with van der Waals surface area (Å²) in [5, 5.41) is 5.52. The van der Waals surface area contributed by atoms with Gasteiger partial charge in [0.2, 0.25) is 0 Å². The lowest BCUT2D eigenvalue weighted by Gasteiger charge is -2.15. The second-order valence-electron chi connectivity index (χ2n) is 8.94. The molecule has 1 aliphatic heterocycles. The first-order chi connectivity index (χ1) is 16.7. The lowest BCUT2D eigenvalue weighted by atomic mass is 10.0. The highest BCUT2D eigenvalue weighted by molar-refractivity contribution is 5.95. The van der Waals surface area contributed by atoms with Crippen molar-refractivity contribution >= 4 is 16.7 Å². The summed E-state index contributed by atoms with van der Waals surface area (Å²) in [6.07, 6.45) is 2.61. The molecule has 34 heavy (non-hydrogen) atoms. The number of nitrogens with zero attached hydrogens (tertiary/aromatic N) is 1. The molecular weight excluding hydrogens is 420 g/mol. The Labute approximate surface area is 201 Å². The molecular formula is C30H30N2O2. The summed E-state index contributed by atoms with van der Waals surface area (Å²) >= 11 is 0. The van der Waals surface area contributed by atoms with Crippen molar-refractivity contribution in [3.05, 3.63) is 102 Å². The first kappa shape index (κ1) is 22.2. The third-order valence-electron chi connectivity index (χ3n) is 6.65. The van der Waals surface area contributed by atoms with Crippen LogP contribution in [0.5, 0.6) is 5.75 Å². The largest absolute Gasteiger partial charge is 0.497 e. The van der Waals surface area contributed by atoms with Gasteiger partial charge in [-0.2, -0.15) is 0 Å². The zero-order valence-electron chi connectivity index (χ0n) is 19.6. The van der Waals surface area contributed by atoms with Crippen LogP contribution in [0.2, 0.25) is 0 Å². The first-order valence-corrected chi connectivity index (χ1v) is 12.0. The molecule has 0 saturated carbocycles. The zero-order chi connectivity index (χ0) is 23.3. The van der Waals surface area contributed by atoms with Crippen molar-refractivity contribution in [2.45, 2.75) is 25.9 Å². The number of ether oxygens (including phenoxy) is 1. The smallest absolute Gasteiger partial charge is 0.251 e. The Bertz CT molecular complexity index is 1270. The second kappa shape index (κ2) is 10.1. The Kier molecular flexibility index (Phi) is 6.59. The molecule has 1 saturated heterocycles. The molecule has 1 N–H and O–H groups in total. The molecule has 4 aromatic rings. The van der Waals surface area contributed by atoms with Crippen LogP contribution in [0.4, 0.5) is 0 Å². The van der Waals surface area contributed by atoms with Gasteiger partial charge in [-0.25, -0.2) is 0 Å². The number of carbonyl (C=O) groups excluding carboxylic acids is 1. The number of carbonyl (C=O) groups is 1. The highest BCUT2D eigenvalue weighted by Crippen LogP contribution is 2.24. The molecule has 5 rings (SSSR count). The fraction of sp³-hybridized carbons (Fsp3) is 0.233. The second-order valence-corrected chi connectivity index (χ2v) is 8.94. The van der Waals surface area contributed by atoms with Gasteiger partial charge in [0.25, 0.3) is 5.91 Å². The predicted octanol–water partition coefficient (Wildman–Crippen LogP) is 6.04. The Morgan fingerprint density at radius 2 is 1.59 bits per heavy atom. The van der Waals surface area contributed by atoms with Crippen molar-refractivity contribution in [2.75, 3.05) is 20.2 Å². The van der Waals surface area contributed by atoms with Crippen molar-refractivity contribution in [2.24, 2.45) is 0 Å². The molecule has 4 nitrogen and oxygen atoms in total. The average Bonchev–Trinajstić information content (AvgIpc) is 3.40. The molecule has 0 spiro atoms. The number of rotatable bonds is 7. The van der Waals surface area contributed by atoms with Crippen LogP contribution in [0.15, 0.2) is 84.9 Å². The molecule has 0 bridgehead atoms. The van der Waals surface area contributed by atoms with E-state index in [1.165, 1.54) is 42.3 Å². The molecule has 4 aromatic carbocycles. The highest BCUT2D eigenvalue weighted by atomic mass is 16.5. The SMILES string of the molecule is COc1ccc(-c2ccc(C(=O)NCc3cccc4cc(CN5CCCC5)ccc34)cc2)cc1. The van der Waals surface area contributed by atoms with Crippen LogP contribution in [0.25, 0.3) is 21.9 Å². The van der Waals surface area contributed by atoms with Crippen LogP contribution in [0.3, 0.4) is 0 Å². The number of amides is 1. The average molecular weight is 451 g/mol. The number of methoxy groups -OCH3 is 1. The van der Waals surface area contributed by atoms with Gasteiger partial charge in [0.15, 0.2) is 0 Å². The summed E-state index contributed by atoms with van der Waals surface area (Å²) in [6, 6.07) is 28.7. The van der Waals surface area contributed by atoms with Crippen molar-refractivity contribution in [3.8, 4) is 16.9 Å². The molecule has 0 aliphatic carbocycles. The van der Waals surface area contributed by atoms with E-state index in [-0.39, 0.29) is 5.91 Å². The zero-order valence-corrected chi connectivity index (χ0v) is 19.6. The van der Waals surface area contributed by atoms with Crippen LogP contribution >= 0.6 is 0 Å². The van der Waals surface area contributed by atoms with E-state index in [0.29, 0.717) is 12.1 Å². The van der Waals surface area contributed by atoms with Crippen LogP contribution in [-0.2, 0) is 13.1 Å². The number of hydrogen-bond donors (Lipinski definition) is 1.